The van der Waals surface area contributed by atoms with E-state index in [0.717, 1.165) is 32.1 Å². The summed E-state index contributed by atoms with van der Waals surface area (Å²) < 4.78 is 34.1. The molecule has 0 spiro atoms. The van der Waals surface area contributed by atoms with Crippen molar-refractivity contribution in [3.8, 4) is 0 Å². The van der Waals surface area contributed by atoms with Gasteiger partial charge < -0.3 is 27.9 Å². The third kappa shape index (κ3) is 48.2. The van der Waals surface area contributed by atoms with Crippen molar-refractivity contribution in [3.05, 3.63) is 12.2 Å². The summed E-state index contributed by atoms with van der Waals surface area (Å²) in [6.45, 7) is 4.27. The van der Waals surface area contributed by atoms with E-state index in [4.69, 9.17) is 18.5 Å². The number of unbranched alkanes of at least 4 members (excludes halogenated alkanes) is 33. The van der Waals surface area contributed by atoms with Gasteiger partial charge in [0, 0.05) is 12.8 Å². The van der Waals surface area contributed by atoms with Crippen LogP contribution in [0.3, 0.4) is 0 Å². The molecule has 0 aliphatic heterocycles. The quantitative estimate of drug-likeness (QED) is 0.0195. The molecule has 0 rings (SSSR count). The van der Waals surface area contributed by atoms with Gasteiger partial charge in [-0.05, 0) is 38.5 Å². The maximum Gasteiger partial charge on any atom is 0.306 e. The molecule has 9 nitrogen and oxygen atoms in total. The van der Waals surface area contributed by atoms with E-state index in [1.165, 1.54) is 193 Å². The maximum atomic E-state index is 12.8. The van der Waals surface area contributed by atoms with Crippen LogP contribution in [0.1, 0.15) is 258 Å². The maximum absolute atomic E-state index is 12.8. The van der Waals surface area contributed by atoms with E-state index in [1.54, 1.807) is 0 Å². The Morgan fingerprint density at radius 1 is 0.484 bits per heavy atom. The predicted octanol–water partition coefficient (Wildman–Crippen LogP) is 15.1. The van der Waals surface area contributed by atoms with Gasteiger partial charge in [0.15, 0.2) is 6.10 Å². The Labute approximate surface area is 384 Å². The van der Waals surface area contributed by atoms with E-state index in [9.17, 15) is 19.0 Å². The molecule has 0 saturated heterocycles. The predicted molar refractivity (Wildman–Crippen MR) is 259 cm³/mol. The number of rotatable bonds is 49. The molecule has 0 aromatic rings. The Kier molecular flexibility index (Phi) is 44.0. The molecule has 1 unspecified atom stereocenters. The zero-order chi connectivity index (χ0) is 45.7. The third-order valence-electron chi connectivity index (χ3n) is 11.8. The standard InChI is InChI=1S/C52H102NO8P/c1-6-8-10-12-14-16-18-20-22-24-25-26-27-29-31-33-35-37-39-41-43-45-52(55)61-50(49-60-62(56,57)59-47-46-53(3,4)5)48-58-51(54)44-42-40-38-36-34-32-30-28-23-21-19-17-15-13-11-9-7-2/h17,19,50H,6-16,18,20-49H2,1-5H3/b19-17+/t50-/m1/s1. The van der Waals surface area contributed by atoms with Gasteiger partial charge in [0.2, 0.25) is 0 Å². The molecule has 62 heavy (non-hydrogen) atoms. The fraction of sp³-hybridized carbons (Fsp3) is 0.923. The second kappa shape index (κ2) is 44.9. The van der Waals surface area contributed by atoms with Gasteiger partial charge in [0.05, 0.1) is 27.7 Å². The van der Waals surface area contributed by atoms with Crippen molar-refractivity contribution in [1.29, 1.82) is 0 Å². The summed E-state index contributed by atoms with van der Waals surface area (Å²) in [4.78, 5) is 37.7. The van der Waals surface area contributed by atoms with E-state index in [0.29, 0.717) is 17.4 Å². The first kappa shape index (κ1) is 60.8. The van der Waals surface area contributed by atoms with Crippen molar-refractivity contribution >= 4 is 19.8 Å². The molecule has 0 amide bonds. The molecule has 0 fully saturated rings. The lowest BCUT2D eigenvalue weighted by Gasteiger charge is -2.28. The third-order valence-corrected chi connectivity index (χ3v) is 12.7. The molecular formula is C52H102NO8P. The van der Waals surface area contributed by atoms with Crippen molar-refractivity contribution < 1.29 is 42.1 Å². The van der Waals surface area contributed by atoms with Gasteiger partial charge in [0.25, 0.3) is 7.82 Å². The Bertz CT molecular complexity index is 1060. The summed E-state index contributed by atoms with van der Waals surface area (Å²) in [5.74, 6) is -0.820. The van der Waals surface area contributed by atoms with Crippen LogP contribution in [-0.2, 0) is 32.7 Å². The number of phosphoric ester groups is 1. The molecule has 0 aliphatic carbocycles. The van der Waals surface area contributed by atoms with Gasteiger partial charge in [-0.2, -0.15) is 0 Å². The second-order valence-electron chi connectivity index (χ2n) is 19.2. The first-order chi connectivity index (χ1) is 30.0. The number of hydrogen-bond acceptors (Lipinski definition) is 8. The molecule has 0 N–H and O–H groups in total. The van der Waals surface area contributed by atoms with Gasteiger partial charge in [0.1, 0.15) is 19.8 Å². The largest absolute Gasteiger partial charge is 0.756 e. The van der Waals surface area contributed by atoms with Crippen LogP contribution in [0, 0.1) is 0 Å². The number of phosphoric acid groups is 1. The van der Waals surface area contributed by atoms with Crippen LogP contribution in [0.15, 0.2) is 12.2 Å². The number of ether oxygens (including phenoxy) is 2. The molecule has 0 aliphatic rings. The van der Waals surface area contributed by atoms with Crippen LogP contribution in [0.2, 0.25) is 0 Å². The molecule has 10 heteroatoms. The summed E-state index contributed by atoms with van der Waals surface area (Å²) in [5, 5.41) is 0. The zero-order valence-corrected chi connectivity index (χ0v) is 42.5. The normalized spacial score (nSPS) is 13.5. The lowest BCUT2D eigenvalue weighted by molar-refractivity contribution is -0.870. The Hall–Kier alpha value is -1.25. The minimum absolute atomic E-state index is 0.0274. The summed E-state index contributed by atoms with van der Waals surface area (Å²) in [6.07, 6.45) is 49.5. The number of quaternary nitrogens is 1. The van der Waals surface area contributed by atoms with E-state index in [-0.39, 0.29) is 32.0 Å². The Balaban J connectivity index is 4.19. The van der Waals surface area contributed by atoms with Crippen molar-refractivity contribution in [2.75, 3.05) is 47.5 Å². The summed E-state index contributed by atoms with van der Waals surface area (Å²) in [6, 6.07) is 0. The van der Waals surface area contributed by atoms with E-state index in [2.05, 4.69) is 26.0 Å². The number of nitrogens with zero attached hydrogens (tertiary/aromatic N) is 1. The molecule has 0 aromatic heterocycles. The smallest absolute Gasteiger partial charge is 0.306 e. The van der Waals surface area contributed by atoms with Crippen LogP contribution in [0.5, 0.6) is 0 Å². The van der Waals surface area contributed by atoms with Gasteiger partial charge in [-0.1, -0.05) is 219 Å². The highest BCUT2D eigenvalue weighted by Gasteiger charge is 2.21. The highest BCUT2D eigenvalue weighted by molar-refractivity contribution is 7.45. The zero-order valence-electron chi connectivity index (χ0n) is 41.6. The first-order valence-electron chi connectivity index (χ1n) is 26.4. The van der Waals surface area contributed by atoms with Crippen molar-refractivity contribution in [2.45, 2.75) is 264 Å². The molecule has 368 valence electrons. The van der Waals surface area contributed by atoms with E-state index in [1.807, 2.05) is 21.1 Å². The number of hydrogen-bond donors (Lipinski definition) is 0. The fourth-order valence-corrected chi connectivity index (χ4v) is 8.38. The lowest BCUT2D eigenvalue weighted by Crippen LogP contribution is -2.37. The lowest BCUT2D eigenvalue weighted by atomic mass is 10.0. The highest BCUT2D eigenvalue weighted by atomic mass is 31.2. The van der Waals surface area contributed by atoms with Crippen molar-refractivity contribution in [3.63, 3.8) is 0 Å². The molecule has 0 radical (unpaired) electrons. The molecule has 0 saturated carbocycles. The molecule has 0 bridgehead atoms. The summed E-state index contributed by atoms with van der Waals surface area (Å²) >= 11 is 0. The van der Waals surface area contributed by atoms with Gasteiger partial charge in [-0.15, -0.1) is 0 Å². The minimum Gasteiger partial charge on any atom is -0.756 e. The van der Waals surface area contributed by atoms with Crippen LogP contribution in [0.4, 0.5) is 0 Å². The topological polar surface area (TPSA) is 111 Å². The number of carbonyl (C=O) groups excluding carboxylic acids is 2. The molecule has 0 aromatic carbocycles. The molecular weight excluding hydrogens is 798 g/mol. The fourth-order valence-electron chi connectivity index (χ4n) is 7.65. The molecule has 0 heterocycles. The number of allylic oxidation sites excluding steroid dienone is 2. The van der Waals surface area contributed by atoms with Crippen LogP contribution in [0.25, 0.3) is 0 Å². The summed E-state index contributed by atoms with van der Waals surface area (Å²) in [5.41, 5.74) is 0. The van der Waals surface area contributed by atoms with E-state index >= 15 is 0 Å². The Morgan fingerprint density at radius 2 is 0.823 bits per heavy atom. The highest BCUT2D eigenvalue weighted by Crippen LogP contribution is 2.38. The average molecular weight is 900 g/mol. The van der Waals surface area contributed by atoms with Crippen LogP contribution >= 0.6 is 7.82 Å². The number of esters is 2. The minimum atomic E-state index is -4.63. The van der Waals surface area contributed by atoms with Crippen LogP contribution in [-0.4, -0.2) is 70.0 Å². The van der Waals surface area contributed by atoms with Crippen LogP contribution < -0.4 is 4.89 Å². The molecule has 2 atom stereocenters. The van der Waals surface area contributed by atoms with Gasteiger partial charge in [-0.25, -0.2) is 0 Å². The number of likely N-dealkylation sites (N-methyl/N-ethyl adjacent to an activating group) is 1. The van der Waals surface area contributed by atoms with Gasteiger partial charge >= 0.3 is 11.9 Å². The summed E-state index contributed by atoms with van der Waals surface area (Å²) in [7, 11) is 1.18. The van der Waals surface area contributed by atoms with E-state index < -0.39 is 26.5 Å². The van der Waals surface area contributed by atoms with Crippen molar-refractivity contribution in [1.82, 2.24) is 0 Å². The number of carbonyl (C=O) groups is 2. The van der Waals surface area contributed by atoms with Crippen molar-refractivity contribution in [2.24, 2.45) is 0 Å². The average Bonchev–Trinajstić information content (AvgIpc) is 3.23. The monoisotopic (exact) mass is 900 g/mol. The second-order valence-corrected chi connectivity index (χ2v) is 20.7. The first-order valence-corrected chi connectivity index (χ1v) is 27.9. The Morgan fingerprint density at radius 3 is 1.21 bits per heavy atom. The van der Waals surface area contributed by atoms with Gasteiger partial charge in [-0.3, -0.25) is 14.2 Å². The SMILES string of the molecule is CCCCCC/C=C/CCCCCCCCCCCC(=O)OC[C@H](COP(=O)([O-])OCC[N+](C)(C)C)OC(=O)CCCCCCCCCCCCCCCCCCCCCCC.